The molecule has 2 aromatic rings. The van der Waals surface area contributed by atoms with Crippen molar-refractivity contribution in [3.63, 3.8) is 0 Å². The molecule has 0 aliphatic rings. The van der Waals surface area contributed by atoms with E-state index in [2.05, 4.69) is 9.97 Å². The molecule has 3 nitrogen and oxygen atoms in total. The Hall–Kier alpha value is -1.32. The van der Waals surface area contributed by atoms with E-state index in [0.717, 1.165) is 17.0 Å². The minimum absolute atomic E-state index is 0.262. The van der Waals surface area contributed by atoms with Gasteiger partial charge in [-0.1, -0.05) is 17.7 Å². The average molecular weight is 283 g/mol. The van der Waals surface area contributed by atoms with Crippen LogP contribution in [-0.2, 0) is 5.88 Å². The number of hydrogen-bond donors (Lipinski definition) is 0. The molecule has 1 aromatic heterocycles. The first-order chi connectivity index (χ1) is 8.58. The van der Waals surface area contributed by atoms with Gasteiger partial charge in [-0.15, -0.1) is 11.6 Å². The highest BCUT2D eigenvalue weighted by Crippen LogP contribution is 2.28. The second-order valence-corrected chi connectivity index (χ2v) is 4.63. The van der Waals surface area contributed by atoms with Crippen LogP contribution in [0.3, 0.4) is 0 Å². The summed E-state index contributed by atoms with van der Waals surface area (Å²) in [6, 6.07) is 7.62. The van der Waals surface area contributed by atoms with Gasteiger partial charge < -0.3 is 4.74 Å². The highest BCUT2D eigenvalue weighted by molar-refractivity contribution is 6.32. The predicted molar refractivity (Wildman–Crippen MR) is 72.6 cm³/mol. The van der Waals surface area contributed by atoms with Crippen LogP contribution in [0.4, 0.5) is 0 Å². The maximum atomic E-state index is 6.05. The number of ether oxygens (including phenoxy) is 1. The Morgan fingerprint density at radius 3 is 2.67 bits per heavy atom. The predicted octanol–water partition coefficient (Wildman–Crippen LogP) is 4.28. The third-order valence-corrected chi connectivity index (χ3v) is 2.90. The third kappa shape index (κ3) is 3.12. The van der Waals surface area contributed by atoms with E-state index in [1.54, 1.807) is 6.07 Å². The lowest BCUT2D eigenvalue weighted by molar-refractivity contribution is 0.438. The first-order valence-electron chi connectivity index (χ1n) is 5.43. The molecule has 0 radical (unpaired) electrons. The van der Waals surface area contributed by atoms with Crippen molar-refractivity contribution in [3.8, 4) is 11.8 Å². The normalized spacial score (nSPS) is 10.4. The second-order valence-electron chi connectivity index (χ2n) is 3.95. The Kier molecular flexibility index (Phi) is 4.04. The molecule has 0 amide bonds. The highest BCUT2D eigenvalue weighted by Gasteiger charge is 2.07. The fourth-order valence-corrected chi connectivity index (χ4v) is 1.80. The van der Waals surface area contributed by atoms with Crippen molar-refractivity contribution in [3.05, 3.63) is 46.2 Å². The molecule has 18 heavy (non-hydrogen) atoms. The van der Waals surface area contributed by atoms with Crippen molar-refractivity contribution in [2.45, 2.75) is 19.7 Å². The van der Waals surface area contributed by atoms with Crippen molar-refractivity contribution in [2.24, 2.45) is 0 Å². The topological polar surface area (TPSA) is 35.0 Å². The summed E-state index contributed by atoms with van der Waals surface area (Å²) in [4.78, 5) is 8.39. The van der Waals surface area contributed by atoms with Gasteiger partial charge in [0.25, 0.3) is 0 Å². The molecule has 0 aliphatic heterocycles. The van der Waals surface area contributed by atoms with Gasteiger partial charge in [0, 0.05) is 5.69 Å². The van der Waals surface area contributed by atoms with Crippen LogP contribution in [0.5, 0.6) is 11.8 Å². The van der Waals surface area contributed by atoms with Crippen LogP contribution in [-0.4, -0.2) is 9.97 Å². The Labute approximate surface area is 116 Å². The van der Waals surface area contributed by atoms with Gasteiger partial charge in [0.2, 0.25) is 0 Å². The van der Waals surface area contributed by atoms with Gasteiger partial charge in [-0.3, -0.25) is 0 Å². The van der Waals surface area contributed by atoms with E-state index in [0.29, 0.717) is 16.7 Å². The highest BCUT2D eigenvalue weighted by atomic mass is 35.5. The van der Waals surface area contributed by atoms with E-state index >= 15 is 0 Å². The quantitative estimate of drug-likeness (QED) is 0.789. The summed E-state index contributed by atoms with van der Waals surface area (Å²) in [5.74, 6) is 0.865. The smallest absolute Gasteiger partial charge is 0.322 e. The standard InChI is InChI=1S/C13H12Cl2N2O/c1-8-3-4-11(15)12(5-8)18-13-16-9(2)6-10(7-14)17-13/h3-6H,7H2,1-2H3. The molecule has 0 atom stereocenters. The summed E-state index contributed by atoms with van der Waals surface area (Å²) < 4.78 is 5.60. The van der Waals surface area contributed by atoms with Crippen molar-refractivity contribution < 1.29 is 4.74 Å². The maximum Gasteiger partial charge on any atom is 0.322 e. The largest absolute Gasteiger partial charge is 0.423 e. The number of alkyl halides is 1. The molecule has 0 saturated carbocycles. The van der Waals surface area contributed by atoms with E-state index in [-0.39, 0.29) is 6.01 Å². The summed E-state index contributed by atoms with van der Waals surface area (Å²) in [6.07, 6.45) is 0. The van der Waals surface area contributed by atoms with Crippen molar-refractivity contribution in [1.29, 1.82) is 0 Å². The van der Waals surface area contributed by atoms with Gasteiger partial charge >= 0.3 is 6.01 Å². The lowest BCUT2D eigenvalue weighted by Crippen LogP contribution is -1.97. The molecule has 0 saturated heterocycles. The molecule has 1 aromatic carbocycles. The van der Waals surface area contributed by atoms with E-state index in [4.69, 9.17) is 27.9 Å². The van der Waals surface area contributed by atoms with E-state index in [9.17, 15) is 0 Å². The Morgan fingerprint density at radius 2 is 1.94 bits per heavy atom. The van der Waals surface area contributed by atoms with E-state index in [1.165, 1.54) is 0 Å². The minimum Gasteiger partial charge on any atom is -0.423 e. The van der Waals surface area contributed by atoms with Crippen LogP contribution in [0.1, 0.15) is 17.0 Å². The number of aromatic nitrogens is 2. The molecule has 0 spiro atoms. The zero-order chi connectivity index (χ0) is 13.1. The summed E-state index contributed by atoms with van der Waals surface area (Å²) in [5, 5.41) is 0.526. The van der Waals surface area contributed by atoms with Gasteiger partial charge in [0.1, 0.15) is 5.75 Å². The Balaban J connectivity index is 2.33. The van der Waals surface area contributed by atoms with Crippen molar-refractivity contribution in [1.82, 2.24) is 9.97 Å². The average Bonchev–Trinajstić information content (AvgIpc) is 2.33. The Bertz CT molecular complexity index is 573. The van der Waals surface area contributed by atoms with Gasteiger partial charge in [-0.25, -0.2) is 4.98 Å². The van der Waals surface area contributed by atoms with Crippen molar-refractivity contribution in [2.75, 3.05) is 0 Å². The maximum absolute atomic E-state index is 6.05. The molecule has 2 rings (SSSR count). The number of nitrogens with zero attached hydrogens (tertiary/aromatic N) is 2. The number of aryl methyl sites for hydroxylation is 2. The summed E-state index contributed by atoms with van der Waals surface area (Å²) in [5.41, 5.74) is 2.59. The molecule has 94 valence electrons. The van der Waals surface area contributed by atoms with E-state index in [1.807, 2.05) is 32.0 Å². The zero-order valence-electron chi connectivity index (χ0n) is 10.1. The minimum atomic E-state index is 0.262. The molecule has 0 bridgehead atoms. The first-order valence-corrected chi connectivity index (χ1v) is 6.34. The van der Waals surface area contributed by atoms with E-state index < -0.39 is 0 Å². The fourth-order valence-electron chi connectivity index (χ4n) is 1.51. The molecular formula is C13H12Cl2N2O. The first kappa shape index (κ1) is 13.1. The van der Waals surface area contributed by atoms with Gasteiger partial charge in [-0.2, -0.15) is 4.98 Å². The number of halogens is 2. The Morgan fingerprint density at radius 1 is 1.17 bits per heavy atom. The van der Waals surface area contributed by atoms with Crippen LogP contribution in [0, 0.1) is 13.8 Å². The van der Waals surface area contributed by atoms with Crippen LogP contribution < -0.4 is 4.74 Å². The molecule has 5 heteroatoms. The SMILES string of the molecule is Cc1ccc(Cl)c(Oc2nc(C)cc(CCl)n2)c1. The molecule has 0 aliphatic carbocycles. The lowest BCUT2D eigenvalue weighted by Gasteiger charge is -2.08. The van der Waals surface area contributed by atoms with Crippen LogP contribution >= 0.6 is 23.2 Å². The summed E-state index contributed by atoms with van der Waals surface area (Å²) in [7, 11) is 0. The molecule has 0 unspecified atom stereocenters. The van der Waals surface area contributed by atoms with Gasteiger partial charge in [0.15, 0.2) is 0 Å². The van der Waals surface area contributed by atoms with Crippen LogP contribution in [0.2, 0.25) is 5.02 Å². The number of benzene rings is 1. The molecule has 1 heterocycles. The van der Waals surface area contributed by atoms with Crippen LogP contribution in [0.15, 0.2) is 24.3 Å². The summed E-state index contributed by atoms with van der Waals surface area (Å²) >= 11 is 11.8. The zero-order valence-corrected chi connectivity index (χ0v) is 11.6. The summed E-state index contributed by atoms with van der Waals surface area (Å²) in [6.45, 7) is 3.83. The molecular weight excluding hydrogens is 271 g/mol. The van der Waals surface area contributed by atoms with Crippen LogP contribution in [0.25, 0.3) is 0 Å². The van der Waals surface area contributed by atoms with Crippen molar-refractivity contribution >= 4 is 23.2 Å². The molecule has 0 N–H and O–H groups in total. The third-order valence-electron chi connectivity index (χ3n) is 2.31. The number of hydrogen-bond acceptors (Lipinski definition) is 3. The lowest BCUT2D eigenvalue weighted by atomic mass is 10.2. The number of rotatable bonds is 3. The fraction of sp³-hybridized carbons (Fsp3) is 0.231. The second kappa shape index (κ2) is 5.55. The van der Waals surface area contributed by atoms with Gasteiger partial charge in [-0.05, 0) is 37.6 Å². The van der Waals surface area contributed by atoms with Gasteiger partial charge in [0.05, 0.1) is 16.6 Å². The molecule has 0 fully saturated rings. The monoisotopic (exact) mass is 282 g/mol.